The number of hydrogen-bond acceptors (Lipinski definition) is 2. The van der Waals surface area contributed by atoms with Crippen molar-refractivity contribution in [1.82, 2.24) is 0 Å². The molecule has 0 bridgehead atoms. The highest BCUT2D eigenvalue weighted by Crippen LogP contribution is 2.41. The van der Waals surface area contributed by atoms with Gasteiger partial charge < -0.3 is 10.6 Å². The largest absolute Gasteiger partial charge is 0.416 e. The highest BCUT2D eigenvalue weighted by Gasteiger charge is 2.43. The van der Waals surface area contributed by atoms with Crippen LogP contribution in [0.3, 0.4) is 0 Å². The number of carbonyl (C=O) groups excluding carboxylic acids is 1. The molecule has 1 heterocycles. The molecule has 0 saturated heterocycles. The van der Waals surface area contributed by atoms with Gasteiger partial charge in [0.2, 0.25) is 5.91 Å². The third kappa shape index (κ3) is 2.13. The van der Waals surface area contributed by atoms with Gasteiger partial charge in [0, 0.05) is 0 Å². The van der Waals surface area contributed by atoms with Gasteiger partial charge in [-0.25, -0.2) is 0 Å². The number of nitrogens with one attached hydrogen (secondary N) is 2. The van der Waals surface area contributed by atoms with E-state index in [1.807, 2.05) is 0 Å². The lowest BCUT2D eigenvalue weighted by Gasteiger charge is -2.41. The third-order valence-electron chi connectivity index (χ3n) is 4.11. The van der Waals surface area contributed by atoms with Crippen molar-refractivity contribution in [2.24, 2.45) is 0 Å². The summed E-state index contributed by atoms with van der Waals surface area (Å²) in [6.07, 6.45) is 0.0433. The topological polar surface area (TPSA) is 41.1 Å². The zero-order valence-corrected chi connectivity index (χ0v) is 10.8. The lowest BCUT2D eigenvalue weighted by atomic mass is 9.79. The van der Waals surface area contributed by atoms with E-state index in [1.165, 1.54) is 6.07 Å². The molecule has 1 aliphatic carbocycles. The molecule has 0 atom stereocenters. The van der Waals surface area contributed by atoms with Gasteiger partial charge in [-0.2, -0.15) is 13.2 Å². The van der Waals surface area contributed by atoms with Crippen LogP contribution in [0.5, 0.6) is 0 Å². The fraction of sp³-hybridized carbons (Fsp3) is 0.500. The smallest absolute Gasteiger partial charge is 0.370 e. The third-order valence-corrected chi connectivity index (χ3v) is 4.11. The van der Waals surface area contributed by atoms with Crippen molar-refractivity contribution in [3.05, 3.63) is 23.8 Å². The first-order valence-electron chi connectivity index (χ1n) is 6.72. The molecule has 1 saturated carbocycles. The number of alkyl halides is 3. The van der Waals surface area contributed by atoms with Crippen molar-refractivity contribution in [3.8, 4) is 0 Å². The quantitative estimate of drug-likeness (QED) is 0.761. The standard InChI is InChI=1S/C14H15F3N2O/c15-14(16,17)9-4-5-10-11(8-9)18-12(20)13(19-10)6-2-1-3-7-13/h4-5,8,19H,1-3,6-7H2,(H,18,20). The van der Waals surface area contributed by atoms with Gasteiger partial charge in [0.25, 0.3) is 0 Å². The highest BCUT2D eigenvalue weighted by atomic mass is 19.4. The summed E-state index contributed by atoms with van der Waals surface area (Å²) in [5, 5.41) is 5.79. The maximum absolute atomic E-state index is 12.7. The Morgan fingerprint density at radius 3 is 2.40 bits per heavy atom. The van der Waals surface area contributed by atoms with Crippen molar-refractivity contribution in [2.75, 3.05) is 10.6 Å². The Hall–Kier alpha value is -1.72. The second-order valence-corrected chi connectivity index (χ2v) is 5.48. The van der Waals surface area contributed by atoms with Gasteiger partial charge >= 0.3 is 6.18 Å². The van der Waals surface area contributed by atoms with Crippen molar-refractivity contribution in [1.29, 1.82) is 0 Å². The Balaban J connectivity index is 1.94. The summed E-state index contributed by atoms with van der Waals surface area (Å²) in [6, 6.07) is 3.42. The van der Waals surface area contributed by atoms with Crippen LogP contribution in [0, 0.1) is 0 Å². The first-order chi connectivity index (χ1) is 9.41. The van der Waals surface area contributed by atoms with Crippen molar-refractivity contribution < 1.29 is 18.0 Å². The molecule has 20 heavy (non-hydrogen) atoms. The lowest BCUT2D eigenvalue weighted by molar-refractivity contribution is -0.137. The van der Waals surface area contributed by atoms with Crippen LogP contribution in [0.2, 0.25) is 0 Å². The van der Waals surface area contributed by atoms with E-state index >= 15 is 0 Å². The number of halogens is 3. The predicted molar refractivity (Wildman–Crippen MR) is 69.5 cm³/mol. The van der Waals surface area contributed by atoms with E-state index in [0.717, 1.165) is 44.2 Å². The van der Waals surface area contributed by atoms with E-state index in [9.17, 15) is 18.0 Å². The SMILES string of the molecule is O=C1Nc2cc(C(F)(F)F)ccc2NC12CCCCC2. The van der Waals surface area contributed by atoms with Crippen LogP contribution in [-0.2, 0) is 11.0 Å². The maximum Gasteiger partial charge on any atom is 0.416 e. The minimum Gasteiger partial charge on any atom is -0.370 e. The van der Waals surface area contributed by atoms with Crippen LogP contribution in [0.4, 0.5) is 24.5 Å². The summed E-state index contributed by atoms with van der Waals surface area (Å²) in [4.78, 5) is 12.2. The average Bonchev–Trinajstić information content (AvgIpc) is 2.40. The maximum atomic E-state index is 12.7. The molecule has 0 aromatic heterocycles. The molecular formula is C14H15F3N2O. The molecule has 1 aromatic carbocycles. The number of carbonyl (C=O) groups is 1. The van der Waals surface area contributed by atoms with E-state index in [4.69, 9.17) is 0 Å². The first-order valence-corrected chi connectivity index (χ1v) is 6.72. The van der Waals surface area contributed by atoms with Crippen LogP contribution in [0.1, 0.15) is 37.7 Å². The summed E-state index contributed by atoms with van der Waals surface area (Å²) in [5.41, 5.74) is -0.621. The fourth-order valence-corrected chi connectivity index (χ4v) is 3.00. The monoisotopic (exact) mass is 284 g/mol. The van der Waals surface area contributed by atoms with Crippen molar-refractivity contribution in [2.45, 2.75) is 43.8 Å². The van der Waals surface area contributed by atoms with Gasteiger partial charge in [0.05, 0.1) is 16.9 Å². The van der Waals surface area contributed by atoms with Crippen LogP contribution >= 0.6 is 0 Å². The van der Waals surface area contributed by atoms with E-state index < -0.39 is 17.3 Å². The van der Waals surface area contributed by atoms with E-state index in [0.29, 0.717) is 5.69 Å². The zero-order valence-electron chi connectivity index (χ0n) is 10.8. The van der Waals surface area contributed by atoms with Crippen LogP contribution < -0.4 is 10.6 Å². The highest BCUT2D eigenvalue weighted by molar-refractivity contribution is 6.06. The minimum atomic E-state index is -4.40. The Kier molecular flexibility index (Phi) is 2.92. The molecule has 108 valence electrons. The summed E-state index contributed by atoms with van der Waals surface area (Å²) >= 11 is 0. The van der Waals surface area contributed by atoms with Crippen molar-refractivity contribution >= 4 is 17.3 Å². The summed E-state index contributed by atoms with van der Waals surface area (Å²) < 4.78 is 38.0. The normalized spacial score (nSPS) is 21.1. The molecule has 3 nitrogen and oxygen atoms in total. The fourth-order valence-electron chi connectivity index (χ4n) is 3.00. The molecular weight excluding hydrogens is 269 g/mol. The number of fused-ring (bicyclic) bond motifs is 1. The van der Waals surface area contributed by atoms with E-state index in [2.05, 4.69) is 10.6 Å². The molecule has 1 amide bonds. The summed E-state index contributed by atoms with van der Waals surface area (Å²) in [6.45, 7) is 0. The van der Waals surface area contributed by atoms with Crippen LogP contribution in [0.15, 0.2) is 18.2 Å². The molecule has 2 aliphatic rings. The van der Waals surface area contributed by atoms with Crippen LogP contribution in [0.25, 0.3) is 0 Å². The van der Waals surface area contributed by atoms with Gasteiger partial charge in [0.15, 0.2) is 0 Å². The van der Waals surface area contributed by atoms with Gasteiger partial charge in [0.1, 0.15) is 5.54 Å². The number of hydrogen-bond donors (Lipinski definition) is 2. The summed E-state index contributed by atoms with van der Waals surface area (Å²) in [7, 11) is 0. The van der Waals surface area contributed by atoms with E-state index in [-0.39, 0.29) is 11.6 Å². The lowest BCUT2D eigenvalue weighted by Crippen LogP contribution is -2.53. The first kappa shape index (κ1) is 13.3. The minimum absolute atomic E-state index is 0.209. The second kappa shape index (κ2) is 4.40. The molecule has 6 heteroatoms. The average molecular weight is 284 g/mol. The molecule has 3 rings (SSSR count). The molecule has 1 fully saturated rings. The Morgan fingerprint density at radius 2 is 1.75 bits per heavy atom. The second-order valence-electron chi connectivity index (χ2n) is 5.48. The van der Waals surface area contributed by atoms with E-state index in [1.54, 1.807) is 0 Å². The van der Waals surface area contributed by atoms with Crippen molar-refractivity contribution in [3.63, 3.8) is 0 Å². The number of benzene rings is 1. The molecule has 1 aromatic rings. The van der Waals surface area contributed by atoms with Gasteiger partial charge in [-0.1, -0.05) is 19.3 Å². The number of anilines is 2. The summed E-state index contributed by atoms with van der Waals surface area (Å²) in [5.74, 6) is -0.218. The zero-order chi connectivity index (χ0) is 14.4. The number of amides is 1. The Morgan fingerprint density at radius 1 is 1.05 bits per heavy atom. The van der Waals surface area contributed by atoms with Gasteiger partial charge in [-0.3, -0.25) is 4.79 Å². The predicted octanol–water partition coefficient (Wildman–Crippen LogP) is 3.77. The Labute approximate surface area is 114 Å². The van der Waals surface area contributed by atoms with Crippen LogP contribution in [-0.4, -0.2) is 11.4 Å². The molecule has 2 N–H and O–H groups in total. The van der Waals surface area contributed by atoms with Gasteiger partial charge in [-0.15, -0.1) is 0 Å². The Bertz CT molecular complexity index is 548. The molecule has 1 aliphatic heterocycles. The molecule has 0 unspecified atom stereocenters. The van der Waals surface area contributed by atoms with Gasteiger partial charge in [-0.05, 0) is 31.0 Å². The molecule has 0 radical (unpaired) electrons. The molecule has 1 spiro atoms. The number of rotatable bonds is 0.